The Morgan fingerprint density at radius 1 is 0.354 bits per heavy atom. The van der Waals surface area contributed by atoms with Crippen molar-refractivity contribution in [2.45, 2.75) is 19.8 Å². The smallest absolute Gasteiger partial charge is 0.434 e. The predicted octanol–water partition coefficient (Wildman–Crippen LogP) is 12.3. The first-order valence-electron chi connectivity index (χ1n) is 22.3. The maximum absolute atomic E-state index is 7.35. The van der Waals surface area contributed by atoms with Crippen LogP contribution in [0.5, 0.6) is 34.5 Å². The van der Waals surface area contributed by atoms with Crippen LogP contribution in [-0.2, 0) is 0 Å². The van der Waals surface area contributed by atoms with Crippen molar-refractivity contribution in [1.82, 2.24) is 0 Å². The summed E-state index contributed by atoms with van der Waals surface area (Å²) in [4.78, 5) is 4.58. The Morgan fingerprint density at radius 3 is 1.08 bits per heavy atom. The van der Waals surface area contributed by atoms with Crippen LogP contribution < -0.4 is 50.4 Å². The Morgan fingerprint density at radius 2 is 0.708 bits per heavy atom. The Hall–Kier alpha value is -8.09. The quantitative estimate of drug-likeness (QED) is 0.149. The second-order valence-corrected chi connectivity index (χ2v) is 17.3. The second-order valence-electron chi connectivity index (χ2n) is 17.3. The average Bonchev–Trinajstić information content (AvgIpc) is 3.35. The van der Waals surface area contributed by atoms with Gasteiger partial charge in [-0.25, -0.2) is 0 Å². The van der Waals surface area contributed by atoms with Gasteiger partial charge in [-0.2, -0.15) is 0 Å². The van der Waals surface area contributed by atoms with Gasteiger partial charge in [-0.3, -0.25) is 0 Å². The van der Waals surface area contributed by atoms with Gasteiger partial charge in [-0.05, 0) is 89.8 Å². The maximum atomic E-state index is 7.35. The van der Waals surface area contributed by atoms with Crippen LogP contribution in [0.4, 0.5) is 34.1 Å². The molecule has 4 heterocycles. The summed E-state index contributed by atoms with van der Waals surface area (Å²) in [6.07, 6.45) is 0. The SMILES string of the molecule is CC(C)c1c2c(cc3c1Oc1cc(N(c4ccccc4)c4ccccc4)cc4c1B3Oc1ccccc1-4)B1Oc3ccccc3-c3cc(N(c4ccccc4)c4ccccc4)cc(c31)O2. The number of fused-ring (bicyclic) bond motifs is 8. The minimum atomic E-state index is -0.443. The van der Waals surface area contributed by atoms with Crippen LogP contribution >= 0.6 is 0 Å². The molecule has 4 aliphatic heterocycles. The van der Waals surface area contributed by atoms with Gasteiger partial charge >= 0.3 is 13.8 Å². The molecule has 4 aliphatic rings. The van der Waals surface area contributed by atoms with Crippen LogP contribution in [0.3, 0.4) is 0 Å². The summed E-state index contributed by atoms with van der Waals surface area (Å²) in [5, 5.41) is 0. The van der Waals surface area contributed by atoms with E-state index in [4.69, 9.17) is 18.8 Å². The molecule has 0 bridgehead atoms. The highest BCUT2D eigenvalue weighted by Crippen LogP contribution is 2.50. The fourth-order valence-electron chi connectivity index (χ4n) is 10.3. The van der Waals surface area contributed by atoms with Crippen LogP contribution in [0.1, 0.15) is 25.3 Å². The van der Waals surface area contributed by atoms with Gasteiger partial charge in [0.05, 0.1) is 11.4 Å². The van der Waals surface area contributed by atoms with Crippen molar-refractivity contribution in [2.75, 3.05) is 9.80 Å². The summed E-state index contributed by atoms with van der Waals surface area (Å²) in [5.74, 6) is 4.70. The molecule has 8 heteroatoms. The minimum Gasteiger partial charge on any atom is -0.551 e. The third-order valence-corrected chi connectivity index (χ3v) is 13.1. The number of hydrogen-bond acceptors (Lipinski definition) is 6. The van der Waals surface area contributed by atoms with Crippen LogP contribution in [0.25, 0.3) is 22.3 Å². The van der Waals surface area contributed by atoms with Gasteiger partial charge in [-0.15, -0.1) is 0 Å². The molecule has 0 saturated heterocycles. The molecule has 0 radical (unpaired) electrons. The van der Waals surface area contributed by atoms with Gasteiger partial charge in [0.2, 0.25) is 0 Å². The van der Waals surface area contributed by atoms with Gasteiger partial charge in [0.15, 0.2) is 0 Å². The van der Waals surface area contributed by atoms with E-state index in [0.29, 0.717) is 0 Å². The Bertz CT molecular complexity index is 3040. The molecule has 13 rings (SSSR count). The molecule has 0 fully saturated rings. The van der Waals surface area contributed by atoms with Crippen LogP contribution in [0.2, 0.25) is 0 Å². The van der Waals surface area contributed by atoms with Gasteiger partial charge < -0.3 is 28.6 Å². The Labute approximate surface area is 379 Å². The molecule has 0 aliphatic carbocycles. The maximum Gasteiger partial charge on any atom is 0.434 e. The van der Waals surface area contributed by atoms with Crippen molar-refractivity contribution in [2.24, 2.45) is 0 Å². The lowest BCUT2D eigenvalue weighted by molar-refractivity contribution is 0.443. The van der Waals surface area contributed by atoms with Crippen LogP contribution in [0.15, 0.2) is 200 Å². The number of nitrogens with zero attached hydrogens (tertiary/aromatic N) is 2. The number of benzene rings is 9. The molecule has 0 atom stereocenters. The molecule has 0 N–H and O–H groups in total. The monoisotopic (exact) mass is 838 g/mol. The Kier molecular flexibility index (Phi) is 8.50. The van der Waals surface area contributed by atoms with Gasteiger partial charge in [0.25, 0.3) is 0 Å². The van der Waals surface area contributed by atoms with Crippen molar-refractivity contribution in [3.8, 4) is 56.8 Å². The highest BCUT2D eigenvalue weighted by atomic mass is 16.5. The van der Waals surface area contributed by atoms with E-state index in [9.17, 15) is 0 Å². The summed E-state index contributed by atoms with van der Waals surface area (Å²) in [5.41, 5.74) is 15.3. The molecule has 308 valence electrons. The van der Waals surface area contributed by atoms with Crippen LogP contribution in [-0.4, -0.2) is 13.8 Å². The summed E-state index contributed by atoms with van der Waals surface area (Å²) < 4.78 is 29.0. The zero-order valence-corrected chi connectivity index (χ0v) is 35.8. The molecule has 65 heavy (non-hydrogen) atoms. The zero-order chi connectivity index (χ0) is 43.2. The lowest BCUT2D eigenvalue weighted by atomic mass is 9.46. The molecular weight excluding hydrogens is 798 g/mol. The topological polar surface area (TPSA) is 43.4 Å². The largest absolute Gasteiger partial charge is 0.551 e. The first kappa shape index (κ1) is 37.5. The van der Waals surface area contributed by atoms with Crippen molar-refractivity contribution < 1.29 is 18.8 Å². The van der Waals surface area contributed by atoms with E-state index in [-0.39, 0.29) is 5.92 Å². The first-order chi connectivity index (χ1) is 32.1. The molecule has 9 aromatic rings. The molecule has 0 spiro atoms. The van der Waals surface area contributed by atoms with Crippen molar-refractivity contribution in [3.05, 3.63) is 206 Å². The molecule has 0 aromatic heterocycles. The summed E-state index contributed by atoms with van der Waals surface area (Å²) in [6.45, 7) is 3.54. The van der Waals surface area contributed by atoms with Gasteiger partial charge in [0, 0.05) is 73.4 Å². The first-order valence-corrected chi connectivity index (χ1v) is 22.3. The summed E-state index contributed by atoms with van der Waals surface area (Å²) >= 11 is 0. The minimum absolute atomic E-state index is 0.00846. The third kappa shape index (κ3) is 5.90. The van der Waals surface area contributed by atoms with E-state index in [1.54, 1.807) is 0 Å². The normalized spacial score (nSPS) is 13.0. The zero-order valence-electron chi connectivity index (χ0n) is 35.8. The van der Waals surface area contributed by atoms with E-state index in [0.717, 1.165) is 118 Å². The molecular formula is C57H40B2N2O4. The number of rotatable bonds is 7. The van der Waals surface area contributed by atoms with E-state index in [2.05, 4.69) is 212 Å². The van der Waals surface area contributed by atoms with E-state index in [1.807, 2.05) is 12.1 Å². The standard InChI is InChI=1S/C57H40B2N2O4/c1-36(2)53-56-47(58-54-45(43-27-15-17-29-49(43)64-58)31-41(33-51(54)62-56)60(37-19-7-3-8-20-37)38-21-9-4-10-22-38)35-48-57(53)63-52-34-42(32-46-44-28-16-18-30-50(44)65-59(48)55(46)52)61(39-23-11-5-12-24-39)40-25-13-6-14-26-40/h3-36H,1-2H3. The lowest BCUT2D eigenvalue weighted by Gasteiger charge is -2.39. The number of ether oxygens (including phenoxy) is 2. The number of para-hydroxylation sites is 6. The van der Waals surface area contributed by atoms with E-state index in [1.165, 1.54) is 0 Å². The van der Waals surface area contributed by atoms with Crippen molar-refractivity contribution in [3.63, 3.8) is 0 Å². The molecule has 0 saturated carbocycles. The molecule has 0 unspecified atom stereocenters. The van der Waals surface area contributed by atoms with Gasteiger partial charge in [-0.1, -0.05) is 129 Å². The predicted molar refractivity (Wildman–Crippen MR) is 265 cm³/mol. The number of anilines is 6. The highest BCUT2D eigenvalue weighted by molar-refractivity contribution is 6.87. The fraction of sp³-hybridized carbons (Fsp3) is 0.0526. The lowest BCUT2D eigenvalue weighted by Crippen LogP contribution is -2.58. The van der Waals surface area contributed by atoms with E-state index < -0.39 is 13.8 Å². The van der Waals surface area contributed by atoms with E-state index >= 15 is 0 Å². The second kappa shape index (κ2) is 14.7. The fourth-order valence-corrected chi connectivity index (χ4v) is 10.3. The molecule has 6 nitrogen and oxygen atoms in total. The Balaban J connectivity index is 1.02. The highest BCUT2D eigenvalue weighted by Gasteiger charge is 2.48. The average molecular weight is 839 g/mol. The molecule has 9 aromatic carbocycles. The summed E-state index contributed by atoms with van der Waals surface area (Å²) in [7, 11) is 0. The third-order valence-electron chi connectivity index (χ3n) is 13.1. The van der Waals surface area contributed by atoms with Gasteiger partial charge in [0.1, 0.15) is 34.5 Å². The molecule has 0 amide bonds. The number of hydrogen-bond donors (Lipinski definition) is 0. The van der Waals surface area contributed by atoms with Crippen molar-refractivity contribution in [1.29, 1.82) is 0 Å². The summed E-state index contributed by atoms with van der Waals surface area (Å²) in [6, 6.07) is 69.9. The van der Waals surface area contributed by atoms with Crippen LogP contribution in [0, 0.1) is 0 Å². The van der Waals surface area contributed by atoms with Crippen molar-refractivity contribution >= 4 is 69.8 Å².